The van der Waals surface area contributed by atoms with Crippen molar-refractivity contribution < 1.29 is 4.79 Å². The van der Waals surface area contributed by atoms with Gasteiger partial charge in [0.05, 0.1) is 10.6 Å². The monoisotopic (exact) mass is 316 g/mol. The average molecular weight is 317 g/mol. The van der Waals surface area contributed by atoms with Gasteiger partial charge in [-0.05, 0) is 42.8 Å². The van der Waals surface area contributed by atoms with Gasteiger partial charge in [-0.3, -0.25) is 4.79 Å². The molecule has 3 nitrogen and oxygen atoms in total. The van der Waals surface area contributed by atoms with Gasteiger partial charge in [-0.15, -0.1) is 0 Å². The highest BCUT2D eigenvalue weighted by Gasteiger charge is 2.09. The summed E-state index contributed by atoms with van der Waals surface area (Å²) in [5, 5.41) is 6.74. The Bertz CT molecular complexity index is 628. The van der Waals surface area contributed by atoms with E-state index in [1.165, 1.54) is 12.8 Å². The van der Waals surface area contributed by atoms with Gasteiger partial charge in [-0.1, -0.05) is 49.2 Å². The summed E-state index contributed by atoms with van der Waals surface area (Å²) < 4.78 is 0. The van der Waals surface area contributed by atoms with E-state index in [-0.39, 0.29) is 5.91 Å². The Morgan fingerprint density at radius 3 is 2.73 bits per heavy atom. The van der Waals surface area contributed by atoms with Crippen molar-refractivity contribution in [1.29, 1.82) is 0 Å². The van der Waals surface area contributed by atoms with Gasteiger partial charge < -0.3 is 10.6 Å². The minimum Gasteiger partial charge on any atom is -0.322 e. The summed E-state index contributed by atoms with van der Waals surface area (Å²) in [7, 11) is 0. The fraction of sp³-hybridized carbons (Fsp3) is 0.278. The Labute approximate surface area is 136 Å². The lowest BCUT2D eigenvalue weighted by atomic mass is 10.1. The standard InChI is InChI=1S/C18H21ClN2O/c1-2-3-11-20-13-14-7-6-8-15(12-14)21-18(22)16-9-4-5-10-17(16)19/h4-10,12,20H,2-3,11,13H2,1H3,(H,21,22). The molecule has 0 aliphatic rings. The quantitative estimate of drug-likeness (QED) is 0.739. The van der Waals surface area contributed by atoms with Crippen molar-refractivity contribution in [3.63, 3.8) is 0 Å². The van der Waals surface area contributed by atoms with Crippen molar-refractivity contribution in [2.45, 2.75) is 26.3 Å². The minimum atomic E-state index is -0.193. The summed E-state index contributed by atoms with van der Waals surface area (Å²) in [6, 6.07) is 14.9. The van der Waals surface area contributed by atoms with Gasteiger partial charge in [-0.25, -0.2) is 0 Å². The molecule has 0 unspecified atom stereocenters. The third kappa shape index (κ3) is 4.86. The molecule has 0 bridgehead atoms. The van der Waals surface area contributed by atoms with Crippen molar-refractivity contribution in [3.05, 3.63) is 64.7 Å². The molecule has 2 aromatic rings. The number of carbonyl (C=O) groups is 1. The highest BCUT2D eigenvalue weighted by molar-refractivity contribution is 6.34. The molecular formula is C18H21ClN2O. The number of amides is 1. The molecule has 0 spiro atoms. The van der Waals surface area contributed by atoms with E-state index in [2.05, 4.69) is 17.6 Å². The number of halogens is 1. The molecule has 2 rings (SSSR count). The normalized spacial score (nSPS) is 10.5. The first-order valence-corrected chi connectivity index (χ1v) is 7.94. The first-order valence-electron chi connectivity index (χ1n) is 7.56. The van der Waals surface area contributed by atoms with Crippen molar-refractivity contribution in [1.82, 2.24) is 5.32 Å². The summed E-state index contributed by atoms with van der Waals surface area (Å²) in [6.07, 6.45) is 2.35. The molecule has 2 N–H and O–H groups in total. The van der Waals surface area contributed by atoms with Crippen LogP contribution in [0.4, 0.5) is 5.69 Å². The highest BCUT2D eigenvalue weighted by atomic mass is 35.5. The van der Waals surface area contributed by atoms with Crippen LogP contribution in [-0.4, -0.2) is 12.5 Å². The van der Waals surface area contributed by atoms with Gasteiger partial charge in [0.15, 0.2) is 0 Å². The molecule has 0 aromatic heterocycles. The fourth-order valence-corrected chi connectivity index (χ4v) is 2.36. The van der Waals surface area contributed by atoms with Crippen molar-refractivity contribution >= 4 is 23.2 Å². The van der Waals surface area contributed by atoms with Gasteiger partial charge in [0.2, 0.25) is 0 Å². The smallest absolute Gasteiger partial charge is 0.257 e. The molecule has 0 atom stereocenters. The van der Waals surface area contributed by atoms with Crippen molar-refractivity contribution in [2.24, 2.45) is 0 Å². The topological polar surface area (TPSA) is 41.1 Å². The predicted molar refractivity (Wildman–Crippen MR) is 92.5 cm³/mol. The highest BCUT2D eigenvalue weighted by Crippen LogP contribution is 2.17. The van der Waals surface area contributed by atoms with Crippen LogP contribution in [0.5, 0.6) is 0 Å². The van der Waals surface area contributed by atoms with Crippen LogP contribution in [0.1, 0.15) is 35.7 Å². The Morgan fingerprint density at radius 2 is 1.95 bits per heavy atom. The molecule has 0 aliphatic heterocycles. The summed E-state index contributed by atoms with van der Waals surface area (Å²) in [5.41, 5.74) is 2.41. The SMILES string of the molecule is CCCCNCc1cccc(NC(=O)c2ccccc2Cl)c1. The Kier molecular flexibility index (Phi) is 6.44. The molecule has 0 fully saturated rings. The van der Waals surface area contributed by atoms with Gasteiger partial charge in [0, 0.05) is 12.2 Å². The molecular weight excluding hydrogens is 296 g/mol. The second-order valence-corrected chi connectivity index (χ2v) is 5.57. The second-order valence-electron chi connectivity index (χ2n) is 5.16. The number of unbranched alkanes of at least 4 members (excludes halogenated alkanes) is 1. The van der Waals surface area contributed by atoms with Gasteiger partial charge in [0.25, 0.3) is 5.91 Å². The van der Waals surface area contributed by atoms with Gasteiger partial charge in [-0.2, -0.15) is 0 Å². The summed E-state index contributed by atoms with van der Waals surface area (Å²) in [4.78, 5) is 12.2. The van der Waals surface area contributed by atoms with Crippen LogP contribution in [0, 0.1) is 0 Å². The number of carbonyl (C=O) groups excluding carboxylic acids is 1. The van der Waals surface area contributed by atoms with Crippen LogP contribution in [0.2, 0.25) is 5.02 Å². The van der Waals surface area contributed by atoms with Gasteiger partial charge >= 0.3 is 0 Å². The molecule has 0 saturated carbocycles. The minimum absolute atomic E-state index is 0.193. The Hall–Kier alpha value is -1.84. The molecule has 0 aliphatic carbocycles. The van der Waals surface area contributed by atoms with Crippen LogP contribution in [0.15, 0.2) is 48.5 Å². The number of rotatable bonds is 7. The molecule has 0 saturated heterocycles. The number of benzene rings is 2. The van der Waals surface area contributed by atoms with Crippen LogP contribution in [0.3, 0.4) is 0 Å². The fourth-order valence-electron chi connectivity index (χ4n) is 2.14. The molecule has 4 heteroatoms. The van der Waals surface area contributed by atoms with E-state index in [0.717, 1.165) is 24.3 Å². The van der Waals surface area contributed by atoms with Gasteiger partial charge in [0.1, 0.15) is 0 Å². The van der Waals surface area contributed by atoms with E-state index < -0.39 is 0 Å². The predicted octanol–water partition coefficient (Wildman–Crippen LogP) is 4.48. The summed E-state index contributed by atoms with van der Waals surface area (Å²) in [6.45, 7) is 3.98. The molecule has 0 radical (unpaired) electrons. The molecule has 0 heterocycles. The van der Waals surface area contributed by atoms with E-state index in [1.807, 2.05) is 30.3 Å². The number of hydrogen-bond acceptors (Lipinski definition) is 2. The first kappa shape index (κ1) is 16.5. The van der Waals surface area contributed by atoms with E-state index in [4.69, 9.17) is 11.6 Å². The molecule has 1 amide bonds. The van der Waals surface area contributed by atoms with Crippen LogP contribution >= 0.6 is 11.6 Å². The lowest BCUT2D eigenvalue weighted by molar-refractivity contribution is 0.102. The largest absolute Gasteiger partial charge is 0.322 e. The third-order valence-electron chi connectivity index (χ3n) is 3.34. The zero-order valence-electron chi connectivity index (χ0n) is 12.7. The van der Waals surface area contributed by atoms with E-state index >= 15 is 0 Å². The lowest BCUT2D eigenvalue weighted by Gasteiger charge is -2.09. The second kappa shape index (κ2) is 8.57. The van der Waals surface area contributed by atoms with Crippen LogP contribution in [0.25, 0.3) is 0 Å². The Balaban J connectivity index is 1.98. The maximum Gasteiger partial charge on any atom is 0.257 e. The third-order valence-corrected chi connectivity index (χ3v) is 3.67. The van der Waals surface area contributed by atoms with Crippen LogP contribution < -0.4 is 10.6 Å². The maximum atomic E-state index is 12.2. The Morgan fingerprint density at radius 1 is 1.14 bits per heavy atom. The summed E-state index contributed by atoms with van der Waals surface area (Å²) in [5.74, 6) is -0.193. The number of nitrogens with one attached hydrogen (secondary N) is 2. The zero-order chi connectivity index (χ0) is 15.8. The number of hydrogen-bond donors (Lipinski definition) is 2. The molecule has 116 valence electrons. The van der Waals surface area contributed by atoms with E-state index in [0.29, 0.717) is 10.6 Å². The maximum absolute atomic E-state index is 12.2. The average Bonchev–Trinajstić information content (AvgIpc) is 2.52. The zero-order valence-corrected chi connectivity index (χ0v) is 13.5. The first-order chi connectivity index (χ1) is 10.7. The molecule has 22 heavy (non-hydrogen) atoms. The van der Waals surface area contributed by atoms with Crippen LogP contribution in [-0.2, 0) is 6.54 Å². The lowest BCUT2D eigenvalue weighted by Crippen LogP contribution is -2.15. The van der Waals surface area contributed by atoms with Crippen molar-refractivity contribution in [2.75, 3.05) is 11.9 Å². The van der Waals surface area contributed by atoms with Crippen molar-refractivity contribution in [3.8, 4) is 0 Å². The summed E-state index contributed by atoms with van der Waals surface area (Å²) >= 11 is 6.04. The number of anilines is 1. The molecule has 2 aromatic carbocycles. The van der Waals surface area contributed by atoms with E-state index in [9.17, 15) is 4.79 Å². The van der Waals surface area contributed by atoms with E-state index in [1.54, 1.807) is 18.2 Å².